The average Bonchev–Trinajstić information content (AvgIpc) is 3.65. The van der Waals surface area contributed by atoms with E-state index in [-0.39, 0.29) is 10.9 Å². The van der Waals surface area contributed by atoms with E-state index in [0.717, 1.165) is 55.4 Å². The van der Waals surface area contributed by atoms with Gasteiger partial charge in [-0.1, -0.05) is 33.9 Å². The Morgan fingerprint density at radius 2 is 1.88 bits per heavy atom. The van der Waals surface area contributed by atoms with Gasteiger partial charge in [0.05, 0.1) is 22.3 Å². The number of hydrogen-bond acceptors (Lipinski definition) is 6. The number of H-pyrrole nitrogens is 2. The molecule has 0 amide bonds. The molecule has 0 saturated heterocycles. The third-order valence-corrected chi connectivity index (χ3v) is 7.90. The predicted octanol–water partition coefficient (Wildman–Crippen LogP) is 8.83. The number of rotatable bonds is 7. The van der Waals surface area contributed by atoms with Crippen LogP contribution in [0.15, 0.2) is 73.8 Å². The first-order valence-corrected chi connectivity index (χ1v) is 14.1. The van der Waals surface area contributed by atoms with Crippen LogP contribution in [-0.2, 0) is 0 Å². The van der Waals surface area contributed by atoms with Crippen LogP contribution in [0, 0.1) is 11.2 Å². The summed E-state index contributed by atoms with van der Waals surface area (Å²) in [6.45, 7) is 16.7. The number of hydrogen-bond donors (Lipinski definition) is 3. The lowest BCUT2D eigenvalue weighted by molar-refractivity contribution is 0.411. The molecule has 0 aliphatic heterocycles. The van der Waals surface area contributed by atoms with Crippen molar-refractivity contribution in [2.75, 3.05) is 5.32 Å². The molecule has 206 valence electrons. The minimum atomic E-state index is -0.431. The number of fused-ring (bicyclic) bond motifs is 2. The summed E-state index contributed by atoms with van der Waals surface area (Å²) in [5.74, 6) is 0.122. The molecule has 41 heavy (non-hydrogen) atoms. The van der Waals surface area contributed by atoms with Crippen LogP contribution in [0.3, 0.4) is 0 Å². The summed E-state index contributed by atoms with van der Waals surface area (Å²) in [4.78, 5) is 19.4. The lowest BCUT2D eigenvalue weighted by atomic mass is 9.91. The second kappa shape index (κ2) is 10.1. The van der Waals surface area contributed by atoms with Crippen molar-refractivity contribution in [1.29, 1.82) is 0 Å². The third-order valence-electron chi connectivity index (χ3n) is 6.65. The van der Waals surface area contributed by atoms with Gasteiger partial charge in [-0.05, 0) is 66.3 Å². The van der Waals surface area contributed by atoms with Gasteiger partial charge in [0.2, 0.25) is 0 Å². The Balaban J connectivity index is 1.39. The number of anilines is 1. The highest BCUT2D eigenvalue weighted by atomic mass is 32.1. The molecular weight excluding hydrogens is 533 g/mol. The van der Waals surface area contributed by atoms with Gasteiger partial charge in [-0.25, -0.2) is 9.37 Å². The molecule has 0 saturated carbocycles. The van der Waals surface area contributed by atoms with Gasteiger partial charge in [-0.3, -0.25) is 15.1 Å². The summed E-state index contributed by atoms with van der Waals surface area (Å²) in [6, 6.07) is 11.3. The Hall–Kier alpha value is -4.63. The van der Waals surface area contributed by atoms with Gasteiger partial charge >= 0.3 is 0 Å². The highest BCUT2D eigenvalue weighted by molar-refractivity contribution is 7.16. The first-order chi connectivity index (χ1) is 19.6. The minimum Gasteiger partial charge on any atom is -0.358 e. The number of aromatic nitrogens is 6. The molecule has 7 nitrogen and oxygen atoms in total. The summed E-state index contributed by atoms with van der Waals surface area (Å²) in [6.07, 6.45) is 6.03. The lowest BCUT2D eigenvalue weighted by Crippen LogP contribution is -2.10. The van der Waals surface area contributed by atoms with Crippen LogP contribution < -0.4 is 5.32 Å². The Bertz CT molecular complexity index is 1950. The zero-order chi connectivity index (χ0) is 28.9. The van der Waals surface area contributed by atoms with Crippen LogP contribution >= 0.6 is 11.3 Å². The van der Waals surface area contributed by atoms with Crippen molar-refractivity contribution in [2.45, 2.75) is 34.1 Å². The lowest BCUT2D eigenvalue weighted by Gasteiger charge is -2.20. The molecule has 6 aromatic rings. The molecule has 6 rings (SSSR count). The minimum absolute atomic E-state index is 0.103. The van der Waals surface area contributed by atoms with Gasteiger partial charge < -0.3 is 10.3 Å². The van der Waals surface area contributed by atoms with Gasteiger partial charge in [0, 0.05) is 33.9 Å². The molecule has 9 heteroatoms. The van der Waals surface area contributed by atoms with Crippen molar-refractivity contribution >= 4 is 44.5 Å². The maximum atomic E-state index is 15.3. The molecule has 0 spiro atoms. The van der Waals surface area contributed by atoms with Crippen LogP contribution in [0.5, 0.6) is 0 Å². The second-order valence-electron chi connectivity index (χ2n) is 11.5. The van der Waals surface area contributed by atoms with Gasteiger partial charge in [-0.15, -0.1) is 11.3 Å². The standard InChI is InChI=1S/C32H30FN7S/c1-17(2)25-7-8-26(41-25)30-29-24(9-10-35-30)37-31(38-29)28-22-12-19(13-23(33)27(22)39-40-28)20-11-21(16-34-15-20)36-18(3)14-32(4,5)6/h7-13,15-16,36H,1,3,14H2,2,4-6H3,(H,37,38)(H,39,40). The zero-order valence-corrected chi connectivity index (χ0v) is 24.2. The number of imidazole rings is 1. The topological polar surface area (TPSA) is 95.2 Å². The maximum Gasteiger partial charge on any atom is 0.157 e. The zero-order valence-electron chi connectivity index (χ0n) is 23.4. The summed E-state index contributed by atoms with van der Waals surface area (Å²) in [7, 11) is 0. The number of benzene rings is 1. The number of halogens is 1. The Morgan fingerprint density at radius 3 is 2.63 bits per heavy atom. The molecule has 5 heterocycles. The summed E-state index contributed by atoms with van der Waals surface area (Å²) >= 11 is 1.62. The van der Waals surface area contributed by atoms with Crippen molar-refractivity contribution in [1.82, 2.24) is 30.1 Å². The molecule has 0 fully saturated rings. The van der Waals surface area contributed by atoms with E-state index >= 15 is 4.39 Å². The molecule has 0 bridgehead atoms. The van der Waals surface area contributed by atoms with E-state index in [1.807, 2.05) is 37.3 Å². The van der Waals surface area contributed by atoms with Gasteiger partial charge in [0.25, 0.3) is 0 Å². The van der Waals surface area contributed by atoms with E-state index in [4.69, 9.17) is 4.98 Å². The molecule has 0 aliphatic rings. The number of allylic oxidation sites excluding steroid dienone is 2. The van der Waals surface area contributed by atoms with Gasteiger partial charge in [0.1, 0.15) is 22.4 Å². The number of aromatic amines is 2. The SMILES string of the molecule is C=C(CC(C)(C)C)Nc1cncc(-c2cc(F)c3n[nH]c(-c4nc5c(-c6ccc(C(=C)C)s6)nccc5[nH]4)c3c2)c1. The second-order valence-corrected chi connectivity index (χ2v) is 12.6. The molecule has 0 aliphatic carbocycles. The smallest absolute Gasteiger partial charge is 0.157 e. The number of nitrogens with zero attached hydrogens (tertiary/aromatic N) is 4. The van der Waals surface area contributed by atoms with Gasteiger partial charge in [0.15, 0.2) is 11.6 Å². The predicted molar refractivity (Wildman–Crippen MR) is 167 cm³/mol. The van der Waals surface area contributed by atoms with E-state index < -0.39 is 5.82 Å². The largest absolute Gasteiger partial charge is 0.358 e. The van der Waals surface area contributed by atoms with Crippen LogP contribution in [0.1, 0.15) is 39.0 Å². The monoisotopic (exact) mass is 563 g/mol. The van der Waals surface area contributed by atoms with Crippen molar-refractivity contribution in [3.8, 4) is 33.2 Å². The fourth-order valence-corrected chi connectivity index (χ4v) is 5.84. The maximum absolute atomic E-state index is 15.3. The Labute approximate surface area is 241 Å². The first-order valence-electron chi connectivity index (χ1n) is 13.2. The molecule has 5 aromatic heterocycles. The fourth-order valence-electron chi connectivity index (χ4n) is 4.91. The number of pyridine rings is 2. The van der Waals surface area contributed by atoms with Crippen LogP contribution in [0.2, 0.25) is 0 Å². The van der Waals surface area contributed by atoms with Crippen molar-refractivity contribution in [3.05, 3.63) is 84.5 Å². The van der Waals surface area contributed by atoms with Crippen molar-refractivity contribution < 1.29 is 4.39 Å². The van der Waals surface area contributed by atoms with Crippen molar-refractivity contribution in [2.24, 2.45) is 5.41 Å². The quantitative estimate of drug-likeness (QED) is 0.180. The third kappa shape index (κ3) is 5.28. The highest BCUT2D eigenvalue weighted by Gasteiger charge is 2.19. The summed E-state index contributed by atoms with van der Waals surface area (Å²) in [5, 5.41) is 11.2. The average molecular weight is 564 g/mol. The van der Waals surface area contributed by atoms with Crippen LogP contribution in [0.25, 0.3) is 60.7 Å². The van der Waals surface area contributed by atoms with E-state index in [2.05, 4.69) is 64.4 Å². The van der Waals surface area contributed by atoms with Crippen LogP contribution in [-0.4, -0.2) is 30.1 Å². The molecule has 0 unspecified atom stereocenters. The fraction of sp³-hybridized carbons (Fsp3) is 0.188. The Morgan fingerprint density at radius 1 is 1.05 bits per heavy atom. The van der Waals surface area contributed by atoms with E-state index in [1.54, 1.807) is 29.9 Å². The number of thiophene rings is 1. The summed E-state index contributed by atoms with van der Waals surface area (Å²) in [5.41, 5.74) is 7.43. The molecule has 1 aromatic carbocycles. The molecular formula is C32H30FN7S. The van der Waals surface area contributed by atoms with Crippen LogP contribution in [0.4, 0.5) is 10.1 Å². The highest BCUT2D eigenvalue weighted by Crippen LogP contribution is 2.36. The summed E-state index contributed by atoms with van der Waals surface area (Å²) < 4.78 is 15.3. The van der Waals surface area contributed by atoms with Crippen molar-refractivity contribution in [3.63, 3.8) is 0 Å². The van der Waals surface area contributed by atoms with E-state index in [1.165, 1.54) is 6.07 Å². The molecule has 0 atom stereocenters. The normalized spacial score (nSPS) is 11.8. The van der Waals surface area contributed by atoms with E-state index in [9.17, 15) is 0 Å². The molecule has 0 radical (unpaired) electrons. The van der Waals surface area contributed by atoms with E-state index in [0.29, 0.717) is 22.5 Å². The molecule has 3 N–H and O–H groups in total. The van der Waals surface area contributed by atoms with Gasteiger partial charge in [-0.2, -0.15) is 5.10 Å². The number of nitrogens with one attached hydrogen (secondary N) is 3. The Kier molecular flexibility index (Phi) is 6.54. The first kappa shape index (κ1) is 26.6.